The van der Waals surface area contributed by atoms with E-state index in [1.807, 2.05) is 13.8 Å². The molecule has 0 saturated carbocycles. The Bertz CT molecular complexity index is 434. The molecule has 7 heteroatoms. The van der Waals surface area contributed by atoms with Gasteiger partial charge in [-0.2, -0.15) is 0 Å². The number of carboxylic acids is 1. The Hall–Kier alpha value is -1.63. The monoisotopic (exact) mass is 285 g/mol. The van der Waals surface area contributed by atoms with Gasteiger partial charge in [-0.15, -0.1) is 11.3 Å². The Labute approximate surface area is 116 Å². The summed E-state index contributed by atoms with van der Waals surface area (Å²) in [6.07, 6.45) is 1.34. The van der Waals surface area contributed by atoms with Gasteiger partial charge in [-0.05, 0) is 26.7 Å². The first-order valence-corrected chi connectivity index (χ1v) is 7.02. The topological polar surface area (TPSA) is 91.3 Å². The molecule has 0 aromatic carbocycles. The van der Waals surface area contributed by atoms with Gasteiger partial charge >= 0.3 is 12.0 Å². The van der Waals surface area contributed by atoms with Crippen LogP contribution in [-0.2, 0) is 11.3 Å². The van der Waals surface area contributed by atoms with Gasteiger partial charge in [-0.25, -0.2) is 9.78 Å². The number of carboxylic acid groups (broad SMARTS) is 1. The minimum Gasteiger partial charge on any atom is -0.481 e. The highest BCUT2D eigenvalue weighted by molar-refractivity contribution is 7.09. The van der Waals surface area contributed by atoms with E-state index in [4.69, 9.17) is 5.11 Å². The average Bonchev–Trinajstić information content (AvgIpc) is 2.71. The summed E-state index contributed by atoms with van der Waals surface area (Å²) in [5.41, 5.74) is 2.68. The summed E-state index contributed by atoms with van der Waals surface area (Å²) >= 11 is 1.51. The average molecular weight is 285 g/mol. The van der Waals surface area contributed by atoms with Gasteiger partial charge in [0.25, 0.3) is 0 Å². The minimum absolute atomic E-state index is 0.0399. The lowest BCUT2D eigenvalue weighted by Crippen LogP contribution is -2.40. The van der Waals surface area contributed by atoms with Gasteiger partial charge in [-0.1, -0.05) is 0 Å². The van der Waals surface area contributed by atoms with E-state index in [-0.39, 0.29) is 18.5 Å². The summed E-state index contributed by atoms with van der Waals surface area (Å²) in [6.45, 7) is 4.23. The van der Waals surface area contributed by atoms with E-state index < -0.39 is 5.97 Å². The van der Waals surface area contributed by atoms with Gasteiger partial charge < -0.3 is 15.7 Å². The van der Waals surface area contributed by atoms with Crippen molar-refractivity contribution in [1.29, 1.82) is 0 Å². The third-order valence-corrected chi connectivity index (χ3v) is 3.59. The number of hydrogen-bond acceptors (Lipinski definition) is 4. The van der Waals surface area contributed by atoms with Gasteiger partial charge in [-0.3, -0.25) is 4.79 Å². The number of rotatable bonds is 7. The number of carbonyl (C=O) groups is 2. The maximum Gasteiger partial charge on any atom is 0.315 e. The molecular weight excluding hydrogens is 266 g/mol. The highest BCUT2D eigenvalue weighted by atomic mass is 32.1. The number of aromatic nitrogens is 1. The zero-order valence-electron chi connectivity index (χ0n) is 11.1. The number of carbonyl (C=O) groups excluding carboxylic acids is 1. The molecule has 0 aliphatic carbocycles. The second-order valence-corrected chi connectivity index (χ2v) is 5.31. The Morgan fingerprint density at radius 1 is 1.53 bits per heavy atom. The van der Waals surface area contributed by atoms with E-state index in [1.165, 1.54) is 11.3 Å². The summed E-state index contributed by atoms with van der Waals surface area (Å²) in [5, 5.41) is 14.1. The van der Waals surface area contributed by atoms with Crippen molar-refractivity contribution < 1.29 is 14.7 Å². The first-order valence-electron chi connectivity index (χ1n) is 6.14. The lowest BCUT2D eigenvalue weighted by molar-refractivity contribution is -0.137. The molecule has 1 unspecified atom stereocenters. The smallest absolute Gasteiger partial charge is 0.315 e. The molecule has 1 aromatic rings. The van der Waals surface area contributed by atoms with Gasteiger partial charge in [0.15, 0.2) is 0 Å². The normalized spacial score (nSPS) is 11.9. The predicted molar refractivity (Wildman–Crippen MR) is 73.2 cm³/mol. The first-order chi connectivity index (χ1) is 8.99. The van der Waals surface area contributed by atoms with Crippen molar-refractivity contribution in [3.63, 3.8) is 0 Å². The molecule has 0 spiro atoms. The van der Waals surface area contributed by atoms with Crippen molar-refractivity contribution in [3.05, 3.63) is 16.1 Å². The number of urea groups is 1. The second kappa shape index (κ2) is 7.73. The van der Waals surface area contributed by atoms with Crippen LogP contribution >= 0.6 is 11.3 Å². The molecule has 0 aliphatic heterocycles. The number of nitrogens with zero attached hydrogens (tertiary/aromatic N) is 1. The highest BCUT2D eigenvalue weighted by Crippen LogP contribution is 2.11. The third-order valence-electron chi connectivity index (χ3n) is 2.66. The zero-order chi connectivity index (χ0) is 14.3. The fraction of sp³-hybridized carbons (Fsp3) is 0.583. The van der Waals surface area contributed by atoms with E-state index >= 15 is 0 Å². The summed E-state index contributed by atoms with van der Waals surface area (Å²) < 4.78 is 0. The highest BCUT2D eigenvalue weighted by Gasteiger charge is 2.09. The van der Waals surface area contributed by atoms with Crippen LogP contribution in [0.5, 0.6) is 0 Å². The molecule has 0 radical (unpaired) electrons. The number of aryl methyl sites for hydroxylation is 1. The Balaban J connectivity index is 2.20. The quantitative estimate of drug-likeness (QED) is 0.713. The maximum absolute atomic E-state index is 11.6. The molecule has 2 amide bonds. The van der Waals surface area contributed by atoms with E-state index in [2.05, 4.69) is 15.6 Å². The lowest BCUT2D eigenvalue weighted by Gasteiger charge is -2.13. The number of aliphatic carboxylic acids is 1. The molecule has 1 heterocycles. The van der Waals surface area contributed by atoms with Crippen LogP contribution in [0.2, 0.25) is 0 Å². The van der Waals surface area contributed by atoms with Gasteiger partial charge in [0.1, 0.15) is 0 Å². The van der Waals surface area contributed by atoms with Crippen LogP contribution in [0.25, 0.3) is 0 Å². The summed E-state index contributed by atoms with van der Waals surface area (Å²) in [7, 11) is 0. The number of nitrogens with one attached hydrogen (secondary N) is 2. The SMILES string of the molecule is Cc1ncsc1CNC(=O)NC(C)CCCC(=O)O. The molecule has 0 saturated heterocycles. The van der Waals surface area contributed by atoms with Crippen molar-refractivity contribution in [3.8, 4) is 0 Å². The van der Waals surface area contributed by atoms with Crippen molar-refractivity contribution in [2.24, 2.45) is 0 Å². The van der Waals surface area contributed by atoms with Gasteiger partial charge in [0.2, 0.25) is 0 Å². The zero-order valence-corrected chi connectivity index (χ0v) is 11.9. The van der Waals surface area contributed by atoms with Gasteiger partial charge in [0.05, 0.1) is 17.7 Å². The van der Waals surface area contributed by atoms with Crippen molar-refractivity contribution in [2.75, 3.05) is 0 Å². The van der Waals surface area contributed by atoms with Crippen molar-refractivity contribution in [2.45, 2.75) is 45.7 Å². The van der Waals surface area contributed by atoms with E-state index in [0.29, 0.717) is 19.4 Å². The fourth-order valence-electron chi connectivity index (χ4n) is 1.56. The molecule has 3 N–H and O–H groups in total. The van der Waals surface area contributed by atoms with E-state index in [9.17, 15) is 9.59 Å². The molecule has 0 bridgehead atoms. The molecule has 0 fully saturated rings. The standard InChI is InChI=1S/C12H19N3O3S/c1-8(4-3-5-11(16)17)15-12(18)13-6-10-9(2)14-7-19-10/h7-8H,3-6H2,1-2H3,(H,16,17)(H2,13,15,18). The lowest BCUT2D eigenvalue weighted by atomic mass is 10.1. The number of amides is 2. The van der Waals surface area contributed by atoms with Crippen LogP contribution in [-0.4, -0.2) is 28.1 Å². The Morgan fingerprint density at radius 2 is 2.26 bits per heavy atom. The van der Waals surface area contributed by atoms with Crippen LogP contribution in [0.4, 0.5) is 4.79 Å². The summed E-state index contributed by atoms with van der Waals surface area (Å²) in [4.78, 5) is 27.1. The maximum atomic E-state index is 11.6. The third kappa shape index (κ3) is 6.19. The summed E-state index contributed by atoms with van der Waals surface area (Å²) in [6, 6.07) is -0.280. The minimum atomic E-state index is -0.808. The predicted octanol–water partition coefficient (Wildman–Crippen LogP) is 1.89. The first kappa shape index (κ1) is 15.4. The molecule has 6 nitrogen and oxygen atoms in total. The molecule has 0 aliphatic rings. The van der Waals surface area contributed by atoms with Crippen LogP contribution < -0.4 is 10.6 Å². The van der Waals surface area contributed by atoms with Crippen molar-refractivity contribution >= 4 is 23.3 Å². The van der Waals surface area contributed by atoms with Crippen LogP contribution in [0.3, 0.4) is 0 Å². The van der Waals surface area contributed by atoms with Crippen LogP contribution in [0.15, 0.2) is 5.51 Å². The van der Waals surface area contributed by atoms with E-state index in [0.717, 1.165) is 10.6 Å². The molecule has 1 aromatic heterocycles. The largest absolute Gasteiger partial charge is 0.481 e. The second-order valence-electron chi connectivity index (χ2n) is 4.37. The van der Waals surface area contributed by atoms with Gasteiger partial charge in [0, 0.05) is 17.3 Å². The summed E-state index contributed by atoms with van der Waals surface area (Å²) in [5.74, 6) is -0.808. The number of hydrogen-bond donors (Lipinski definition) is 3. The Morgan fingerprint density at radius 3 is 2.84 bits per heavy atom. The molecule has 19 heavy (non-hydrogen) atoms. The van der Waals surface area contributed by atoms with Crippen LogP contribution in [0, 0.1) is 6.92 Å². The van der Waals surface area contributed by atoms with E-state index in [1.54, 1.807) is 5.51 Å². The van der Waals surface area contributed by atoms with Crippen molar-refractivity contribution in [1.82, 2.24) is 15.6 Å². The molecule has 1 atom stereocenters. The molecule has 106 valence electrons. The van der Waals surface area contributed by atoms with Crippen LogP contribution in [0.1, 0.15) is 36.8 Å². The Kier molecular flexibility index (Phi) is 6.27. The number of thiazole rings is 1. The fourth-order valence-corrected chi connectivity index (χ4v) is 2.28. The molecular formula is C12H19N3O3S. The molecule has 1 rings (SSSR count).